The highest BCUT2D eigenvalue weighted by atomic mass is 16.5. The van der Waals surface area contributed by atoms with Crippen molar-refractivity contribution in [2.45, 2.75) is 32.2 Å². The minimum Gasteiger partial charge on any atom is -0.483 e. The second kappa shape index (κ2) is 8.66. The van der Waals surface area contributed by atoms with Crippen LogP contribution in [0.3, 0.4) is 0 Å². The van der Waals surface area contributed by atoms with Crippen molar-refractivity contribution in [1.29, 1.82) is 0 Å². The Morgan fingerprint density at radius 2 is 2.00 bits per heavy atom. The SMILES string of the molecule is CCCC[C@H](NC(=O)c1ccccc1OCC(N)=O)C(=O)O. The maximum atomic E-state index is 12.2. The van der Waals surface area contributed by atoms with Crippen LogP contribution in [0, 0.1) is 0 Å². The highest BCUT2D eigenvalue weighted by Crippen LogP contribution is 2.18. The third-order valence-corrected chi connectivity index (χ3v) is 2.95. The average Bonchev–Trinajstić information content (AvgIpc) is 2.49. The summed E-state index contributed by atoms with van der Waals surface area (Å²) in [5.41, 5.74) is 5.16. The van der Waals surface area contributed by atoms with E-state index in [1.807, 2.05) is 6.92 Å². The Labute approximate surface area is 128 Å². The Hall–Kier alpha value is -2.57. The largest absolute Gasteiger partial charge is 0.483 e. The summed E-state index contributed by atoms with van der Waals surface area (Å²) in [5, 5.41) is 11.6. The lowest BCUT2D eigenvalue weighted by Gasteiger charge is -2.15. The van der Waals surface area contributed by atoms with Crippen LogP contribution in [0.1, 0.15) is 36.5 Å². The van der Waals surface area contributed by atoms with Gasteiger partial charge in [-0.3, -0.25) is 9.59 Å². The van der Waals surface area contributed by atoms with E-state index in [9.17, 15) is 14.4 Å². The molecule has 0 saturated carbocycles. The fraction of sp³-hybridized carbons (Fsp3) is 0.400. The molecule has 0 aromatic heterocycles. The van der Waals surface area contributed by atoms with Crippen LogP contribution in [0.2, 0.25) is 0 Å². The number of primary amides is 1. The van der Waals surface area contributed by atoms with E-state index in [1.54, 1.807) is 12.1 Å². The van der Waals surface area contributed by atoms with Gasteiger partial charge in [-0.1, -0.05) is 31.9 Å². The molecule has 0 aliphatic rings. The predicted octanol–water partition coefficient (Wildman–Crippen LogP) is 0.924. The zero-order valence-corrected chi connectivity index (χ0v) is 12.4. The smallest absolute Gasteiger partial charge is 0.326 e. The molecule has 0 saturated heterocycles. The first-order valence-corrected chi connectivity index (χ1v) is 6.99. The van der Waals surface area contributed by atoms with Crippen molar-refractivity contribution in [2.24, 2.45) is 5.73 Å². The molecule has 1 aromatic rings. The average molecular weight is 308 g/mol. The number of rotatable bonds is 9. The molecule has 7 heteroatoms. The first kappa shape index (κ1) is 17.5. The van der Waals surface area contributed by atoms with Gasteiger partial charge in [0.15, 0.2) is 6.61 Å². The molecule has 0 aliphatic carbocycles. The maximum absolute atomic E-state index is 12.2. The van der Waals surface area contributed by atoms with Crippen LogP contribution in [0.5, 0.6) is 5.75 Å². The first-order valence-electron chi connectivity index (χ1n) is 6.99. The number of ether oxygens (including phenoxy) is 1. The van der Waals surface area contributed by atoms with Crippen molar-refractivity contribution in [3.63, 3.8) is 0 Å². The van der Waals surface area contributed by atoms with Gasteiger partial charge in [0.25, 0.3) is 11.8 Å². The Bertz CT molecular complexity index is 544. The number of nitrogens with two attached hydrogens (primary N) is 1. The molecule has 4 N–H and O–H groups in total. The standard InChI is InChI=1S/C15H20N2O5/c1-2-3-7-11(15(20)21)17-14(19)10-6-4-5-8-12(10)22-9-13(16)18/h4-6,8,11H,2-3,7,9H2,1H3,(H2,16,18)(H,17,19)(H,20,21)/t11-/m0/s1. The number of aliphatic carboxylic acids is 1. The van der Waals surface area contributed by atoms with Crippen LogP contribution < -0.4 is 15.8 Å². The summed E-state index contributed by atoms with van der Waals surface area (Å²) >= 11 is 0. The zero-order valence-electron chi connectivity index (χ0n) is 12.4. The van der Waals surface area contributed by atoms with Crippen LogP contribution in [-0.4, -0.2) is 35.5 Å². The molecule has 22 heavy (non-hydrogen) atoms. The van der Waals surface area contributed by atoms with Crippen molar-refractivity contribution < 1.29 is 24.2 Å². The third-order valence-electron chi connectivity index (χ3n) is 2.95. The molecule has 0 unspecified atom stereocenters. The number of carboxylic acid groups (broad SMARTS) is 1. The van der Waals surface area contributed by atoms with Crippen LogP contribution >= 0.6 is 0 Å². The molecule has 120 valence electrons. The zero-order chi connectivity index (χ0) is 16.5. The fourth-order valence-electron chi connectivity index (χ4n) is 1.83. The van der Waals surface area contributed by atoms with Gasteiger partial charge in [-0.2, -0.15) is 0 Å². The summed E-state index contributed by atoms with van der Waals surface area (Å²) in [6.45, 7) is 1.58. The molecule has 0 bridgehead atoms. The van der Waals surface area contributed by atoms with Crippen LogP contribution in [0.15, 0.2) is 24.3 Å². The van der Waals surface area contributed by atoms with E-state index in [-0.39, 0.29) is 17.9 Å². The number of carbonyl (C=O) groups is 3. The van der Waals surface area contributed by atoms with Crippen molar-refractivity contribution >= 4 is 17.8 Å². The lowest BCUT2D eigenvalue weighted by Crippen LogP contribution is -2.40. The summed E-state index contributed by atoms with van der Waals surface area (Å²) in [7, 11) is 0. The molecule has 1 atom stereocenters. The highest BCUT2D eigenvalue weighted by molar-refractivity contribution is 5.99. The van der Waals surface area contributed by atoms with Gasteiger partial charge in [0.1, 0.15) is 11.8 Å². The lowest BCUT2D eigenvalue weighted by atomic mass is 10.1. The van der Waals surface area contributed by atoms with E-state index in [2.05, 4.69) is 5.32 Å². The molecular formula is C15H20N2O5. The van der Waals surface area contributed by atoms with E-state index in [0.717, 1.165) is 6.42 Å². The number of unbranched alkanes of at least 4 members (excludes halogenated alkanes) is 1. The van der Waals surface area contributed by atoms with Gasteiger partial charge in [0.2, 0.25) is 0 Å². The molecule has 7 nitrogen and oxygen atoms in total. The molecular weight excluding hydrogens is 288 g/mol. The topological polar surface area (TPSA) is 119 Å². The number of hydrogen-bond acceptors (Lipinski definition) is 4. The number of amides is 2. The maximum Gasteiger partial charge on any atom is 0.326 e. The van der Waals surface area contributed by atoms with E-state index < -0.39 is 23.8 Å². The molecule has 0 aliphatic heterocycles. The second-order valence-electron chi connectivity index (χ2n) is 4.76. The van der Waals surface area contributed by atoms with Gasteiger partial charge >= 0.3 is 5.97 Å². The Morgan fingerprint density at radius 1 is 1.32 bits per heavy atom. The summed E-state index contributed by atoms with van der Waals surface area (Å²) in [6.07, 6.45) is 1.87. The summed E-state index contributed by atoms with van der Waals surface area (Å²) in [4.78, 5) is 34.1. The molecule has 0 radical (unpaired) electrons. The van der Waals surface area contributed by atoms with E-state index >= 15 is 0 Å². The molecule has 0 spiro atoms. The Kier molecular flexibility index (Phi) is 6.88. The minimum absolute atomic E-state index is 0.159. The molecule has 0 fully saturated rings. The van der Waals surface area contributed by atoms with Crippen LogP contribution in [-0.2, 0) is 9.59 Å². The predicted molar refractivity (Wildman–Crippen MR) is 79.5 cm³/mol. The van der Waals surface area contributed by atoms with Gasteiger partial charge in [-0.15, -0.1) is 0 Å². The number of benzene rings is 1. The van der Waals surface area contributed by atoms with E-state index in [4.69, 9.17) is 15.6 Å². The van der Waals surface area contributed by atoms with Crippen molar-refractivity contribution in [3.8, 4) is 5.75 Å². The molecule has 2 amide bonds. The monoisotopic (exact) mass is 308 g/mol. The van der Waals surface area contributed by atoms with E-state index in [0.29, 0.717) is 12.8 Å². The van der Waals surface area contributed by atoms with Gasteiger partial charge in [-0.05, 0) is 18.6 Å². The normalized spacial score (nSPS) is 11.5. The quantitative estimate of drug-likeness (QED) is 0.627. The second-order valence-corrected chi connectivity index (χ2v) is 4.76. The number of carbonyl (C=O) groups excluding carboxylic acids is 2. The van der Waals surface area contributed by atoms with Crippen LogP contribution in [0.4, 0.5) is 0 Å². The highest BCUT2D eigenvalue weighted by Gasteiger charge is 2.21. The number of carboxylic acids is 1. The summed E-state index contributed by atoms with van der Waals surface area (Å²) in [5.74, 6) is -2.14. The number of para-hydroxylation sites is 1. The van der Waals surface area contributed by atoms with E-state index in [1.165, 1.54) is 12.1 Å². The molecule has 1 rings (SSSR count). The van der Waals surface area contributed by atoms with Crippen molar-refractivity contribution in [1.82, 2.24) is 5.32 Å². The Morgan fingerprint density at radius 3 is 2.59 bits per heavy atom. The number of hydrogen-bond donors (Lipinski definition) is 3. The lowest BCUT2D eigenvalue weighted by molar-refractivity contribution is -0.139. The van der Waals surface area contributed by atoms with Gasteiger partial charge in [-0.25, -0.2) is 4.79 Å². The minimum atomic E-state index is -1.09. The van der Waals surface area contributed by atoms with Crippen molar-refractivity contribution in [3.05, 3.63) is 29.8 Å². The Balaban J connectivity index is 2.83. The summed E-state index contributed by atoms with van der Waals surface area (Å²) < 4.78 is 5.16. The third kappa shape index (κ3) is 5.43. The van der Waals surface area contributed by atoms with Gasteiger partial charge in [0, 0.05) is 0 Å². The number of nitrogens with one attached hydrogen (secondary N) is 1. The summed E-state index contributed by atoms with van der Waals surface area (Å²) in [6, 6.07) is 5.30. The van der Waals surface area contributed by atoms with Crippen molar-refractivity contribution in [2.75, 3.05) is 6.61 Å². The van der Waals surface area contributed by atoms with Crippen LogP contribution in [0.25, 0.3) is 0 Å². The fourth-order valence-corrected chi connectivity index (χ4v) is 1.83. The van der Waals surface area contributed by atoms with Gasteiger partial charge < -0.3 is 20.9 Å². The first-order chi connectivity index (χ1) is 10.5. The van der Waals surface area contributed by atoms with Gasteiger partial charge in [0.05, 0.1) is 5.56 Å². The molecule has 1 aromatic carbocycles. The molecule has 0 heterocycles.